The maximum absolute atomic E-state index is 12.7. The molecule has 5 heteroatoms. The number of hydrogen-bond acceptors (Lipinski definition) is 4. The number of pyridine rings is 1. The molecule has 1 saturated carbocycles. The van der Waals surface area contributed by atoms with Gasteiger partial charge in [-0.05, 0) is 25.0 Å². The fourth-order valence-electron chi connectivity index (χ4n) is 3.21. The van der Waals surface area contributed by atoms with Crippen LogP contribution in [-0.2, 0) is 4.74 Å². The molecule has 1 aromatic rings. The van der Waals surface area contributed by atoms with Crippen molar-refractivity contribution in [2.75, 3.05) is 25.5 Å². The van der Waals surface area contributed by atoms with Crippen LogP contribution in [0.5, 0.6) is 0 Å². The third-order valence-corrected chi connectivity index (χ3v) is 4.26. The molecule has 2 heterocycles. The molecule has 0 bridgehead atoms. The molecule has 0 radical (unpaired) electrons. The average Bonchev–Trinajstić information content (AvgIpc) is 2.53. The van der Waals surface area contributed by atoms with Crippen LogP contribution in [0.2, 0.25) is 0 Å². The Hall–Kier alpha value is -1.62. The van der Waals surface area contributed by atoms with Gasteiger partial charge in [-0.1, -0.05) is 12.8 Å². The van der Waals surface area contributed by atoms with Crippen molar-refractivity contribution in [1.82, 2.24) is 9.88 Å². The SMILES string of the molecule is CNc1cc(C(=O)N2CCOC3CCCCC32)ccn1. The molecule has 1 aromatic heterocycles. The van der Waals surface area contributed by atoms with Gasteiger partial charge in [-0.2, -0.15) is 0 Å². The van der Waals surface area contributed by atoms with E-state index in [0.717, 1.165) is 18.7 Å². The zero-order valence-electron chi connectivity index (χ0n) is 11.8. The molecule has 5 nitrogen and oxygen atoms in total. The normalized spacial score (nSPS) is 25.9. The van der Waals surface area contributed by atoms with Gasteiger partial charge in [0.1, 0.15) is 5.82 Å². The summed E-state index contributed by atoms with van der Waals surface area (Å²) in [7, 11) is 1.81. The minimum absolute atomic E-state index is 0.101. The van der Waals surface area contributed by atoms with Crippen molar-refractivity contribution in [3.63, 3.8) is 0 Å². The fraction of sp³-hybridized carbons (Fsp3) is 0.600. The zero-order valence-corrected chi connectivity index (χ0v) is 11.8. The Labute approximate surface area is 119 Å². The highest BCUT2D eigenvalue weighted by molar-refractivity contribution is 5.95. The molecule has 108 valence electrons. The highest BCUT2D eigenvalue weighted by Crippen LogP contribution is 2.29. The van der Waals surface area contributed by atoms with Crippen LogP contribution in [0.25, 0.3) is 0 Å². The smallest absolute Gasteiger partial charge is 0.254 e. The van der Waals surface area contributed by atoms with E-state index in [1.807, 2.05) is 18.0 Å². The van der Waals surface area contributed by atoms with Gasteiger partial charge in [0.25, 0.3) is 5.91 Å². The first-order valence-corrected chi connectivity index (χ1v) is 7.36. The number of nitrogens with zero attached hydrogens (tertiary/aromatic N) is 2. The van der Waals surface area contributed by atoms with Crippen LogP contribution in [0.3, 0.4) is 0 Å². The number of ether oxygens (including phenoxy) is 1. The van der Waals surface area contributed by atoms with Gasteiger partial charge in [0.15, 0.2) is 0 Å². The van der Waals surface area contributed by atoms with E-state index in [-0.39, 0.29) is 18.1 Å². The number of anilines is 1. The molecule has 0 aromatic carbocycles. The lowest BCUT2D eigenvalue weighted by atomic mass is 9.90. The largest absolute Gasteiger partial charge is 0.374 e. The van der Waals surface area contributed by atoms with Gasteiger partial charge in [-0.15, -0.1) is 0 Å². The molecule has 20 heavy (non-hydrogen) atoms. The van der Waals surface area contributed by atoms with E-state index in [9.17, 15) is 4.79 Å². The first-order valence-electron chi connectivity index (χ1n) is 7.36. The number of amides is 1. The first kappa shape index (κ1) is 13.4. The predicted molar refractivity (Wildman–Crippen MR) is 76.8 cm³/mol. The molecule has 1 saturated heterocycles. The summed E-state index contributed by atoms with van der Waals surface area (Å²) in [5, 5.41) is 2.97. The van der Waals surface area contributed by atoms with Crippen LogP contribution in [0, 0.1) is 0 Å². The summed E-state index contributed by atoms with van der Waals surface area (Å²) < 4.78 is 5.82. The van der Waals surface area contributed by atoms with Crippen molar-refractivity contribution in [3.05, 3.63) is 23.9 Å². The van der Waals surface area contributed by atoms with Gasteiger partial charge in [0.05, 0.1) is 18.8 Å². The van der Waals surface area contributed by atoms with E-state index in [4.69, 9.17) is 4.74 Å². The lowest BCUT2D eigenvalue weighted by molar-refractivity contribution is -0.0752. The second-order valence-electron chi connectivity index (χ2n) is 5.44. The number of carbonyl (C=O) groups excluding carboxylic acids is 1. The number of fused-ring (bicyclic) bond motifs is 1. The van der Waals surface area contributed by atoms with Crippen molar-refractivity contribution in [2.45, 2.75) is 37.8 Å². The van der Waals surface area contributed by atoms with Crippen molar-refractivity contribution < 1.29 is 9.53 Å². The fourth-order valence-corrected chi connectivity index (χ4v) is 3.21. The van der Waals surface area contributed by atoms with Crippen molar-refractivity contribution >= 4 is 11.7 Å². The summed E-state index contributed by atoms with van der Waals surface area (Å²) in [6.45, 7) is 1.34. The number of carbonyl (C=O) groups is 1. The summed E-state index contributed by atoms with van der Waals surface area (Å²) >= 11 is 0. The van der Waals surface area contributed by atoms with E-state index in [2.05, 4.69) is 10.3 Å². The third kappa shape index (κ3) is 2.50. The van der Waals surface area contributed by atoms with Gasteiger partial charge in [0.2, 0.25) is 0 Å². The van der Waals surface area contributed by atoms with Crippen LogP contribution in [0.1, 0.15) is 36.0 Å². The zero-order chi connectivity index (χ0) is 13.9. The van der Waals surface area contributed by atoms with Gasteiger partial charge in [-0.3, -0.25) is 4.79 Å². The Bertz CT molecular complexity index is 490. The molecule has 2 aliphatic rings. The van der Waals surface area contributed by atoms with Gasteiger partial charge in [0, 0.05) is 25.4 Å². The lowest BCUT2D eigenvalue weighted by Gasteiger charge is -2.43. The van der Waals surface area contributed by atoms with E-state index in [1.54, 1.807) is 12.3 Å². The molecule has 2 fully saturated rings. The Kier molecular flexibility index (Phi) is 3.87. The Morgan fingerprint density at radius 1 is 1.45 bits per heavy atom. The monoisotopic (exact) mass is 275 g/mol. The molecule has 3 rings (SSSR count). The van der Waals surface area contributed by atoms with Crippen molar-refractivity contribution in [1.29, 1.82) is 0 Å². The summed E-state index contributed by atoms with van der Waals surface area (Å²) in [6, 6.07) is 3.85. The van der Waals surface area contributed by atoms with Gasteiger partial charge >= 0.3 is 0 Å². The summed E-state index contributed by atoms with van der Waals surface area (Å²) in [4.78, 5) is 18.9. The molecule has 1 N–H and O–H groups in total. The second-order valence-corrected chi connectivity index (χ2v) is 5.44. The number of rotatable bonds is 2. The van der Waals surface area contributed by atoms with E-state index < -0.39 is 0 Å². The Morgan fingerprint density at radius 3 is 3.15 bits per heavy atom. The number of nitrogens with one attached hydrogen (secondary N) is 1. The molecule has 0 spiro atoms. The average molecular weight is 275 g/mol. The van der Waals surface area contributed by atoms with Crippen LogP contribution < -0.4 is 5.32 Å². The van der Waals surface area contributed by atoms with Crippen LogP contribution in [0.4, 0.5) is 5.82 Å². The van der Waals surface area contributed by atoms with Gasteiger partial charge < -0.3 is 15.0 Å². The van der Waals surface area contributed by atoms with E-state index in [0.29, 0.717) is 18.7 Å². The highest BCUT2D eigenvalue weighted by atomic mass is 16.5. The summed E-state index contributed by atoms with van der Waals surface area (Å²) in [5.74, 6) is 0.827. The minimum atomic E-state index is 0.101. The predicted octanol–water partition coefficient (Wildman–Crippen LogP) is 1.91. The minimum Gasteiger partial charge on any atom is -0.374 e. The highest BCUT2D eigenvalue weighted by Gasteiger charge is 2.36. The molecule has 2 unspecified atom stereocenters. The van der Waals surface area contributed by atoms with Crippen LogP contribution in [-0.4, -0.2) is 48.1 Å². The lowest BCUT2D eigenvalue weighted by Crippen LogP contribution is -2.54. The van der Waals surface area contributed by atoms with E-state index in [1.165, 1.54) is 12.8 Å². The summed E-state index contributed by atoms with van der Waals surface area (Å²) in [6.07, 6.45) is 6.44. The maximum Gasteiger partial charge on any atom is 0.254 e. The quantitative estimate of drug-likeness (QED) is 0.895. The van der Waals surface area contributed by atoms with Crippen molar-refractivity contribution in [3.8, 4) is 0 Å². The molecular formula is C15H21N3O2. The Morgan fingerprint density at radius 2 is 2.30 bits per heavy atom. The number of hydrogen-bond donors (Lipinski definition) is 1. The van der Waals surface area contributed by atoms with Crippen LogP contribution >= 0.6 is 0 Å². The van der Waals surface area contributed by atoms with E-state index >= 15 is 0 Å². The number of morpholine rings is 1. The first-order chi connectivity index (χ1) is 9.79. The summed E-state index contributed by atoms with van der Waals surface area (Å²) in [5.41, 5.74) is 0.704. The second kappa shape index (κ2) is 5.79. The molecule has 1 amide bonds. The maximum atomic E-state index is 12.7. The van der Waals surface area contributed by atoms with Gasteiger partial charge in [-0.25, -0.2) is 4.98 Å². The van der Waals surface area contributed by atoms with Crippen LogP contribution in [0.15, 0.2) is 18.3 Å². The van der Waals surface area contributed by atoms with Crippen molar-refractivity contribution in [2.24, 2.45) is 0 Å². The Balaban J connectivity index is 1.81. The number of aromatic nitrogens is 1. The molecule has 1 aliphatic carbocycles. The topological polar surface area (TPSA) is 54.5 Å². The standard InChI is InChI=1S/C15H21N3O2/c1-16-14-10-11(6-7-17-14)15(19)18-8-9-20-13-5-3-2-4-12(13)18/h6-7,10,12-13H,2-5,8-9H2,1H3,(H,16,17). The third-order valence-electron chi connectivity index (χ3n) is 4.26. The molecule has 1 aliphatic heterocycles. The molecular weight excluding hydrogens is 254 g/mol. The molecule has 2 atom stereocenters.